The van der Waals surface area contributed by atoms with Gasteiger partial charge in [-0.1, -0.05) is 141 Å². The van der Waals surface area contributed by atoms with Crippen LogP contribution in [-0.2, 0) is 14.4 Å². The monoisotopic (exact) mass is 666 g/mol. The van der Waals surface area contributed by atoms with E-state index >= 15 is 0 Å². The molecule has 2 atom stereocenters. The minimum atomic E-state index is -2.23. The fourth-order valence-corrected chi connectivity index (χ4v) is 6.30. The molecule has 0 saturated heterocycles. The van der Waals surface area contributed by atoms with Crippen LogP contribution in [-0.4, -0.2) is 44.7 Å². The minimum absolute atomic E-state index is 0.0383. The number of ketones is 1. The van der Waals surface area contributed by atoms with Crippen LogP contribution in [0.1, 0.15) is 194 Å². The molecule has 0 aromatic carbocycles. The molecule has 0 heterocycles. The van der Waals surface area contributed by atoms with Gasteiger partial charge in [0.2, 0.25) is 11.4 Å². The largest absolute Gasteiger partial charge is 0.479 e. The number of aliphatic carboxylic acids is 1. The summed E-state index contributed by atoms with van der Waals surface area (Å²) in [6, 6.07) is 0. The molecule has 0 fully saturated rings. The highest BCUT2D eigenvalue weighted by molar-refractivity contribution is 7.15. The third kappa shape index (κ3) is 22.1. The van der Waals surface area contributed by atoms with E-state index < -0.39 is 29.8 Å². The third-order valence-corrected chi connectivity index (χ3v) is 9.77. The van der Waals surface area contributed by atoms with Crippen molar-refractivity contribution in [2.24, 2.45) is 0 Å². The van der Waals surface area contributed by atoms with Gasteiger partial charge in [0.15, 0.2) is 5.78 Å². The first-order valence-electron chi connectivity index (χ1n) is 19.1. The second kappa shape index (κ2) is 32.0. The summed E-state index contributed by atoms with van der Waals surface area (Å²) in [7, 11) is 2.11. The number of carbonyl (C=O) groups excluding carboxylic acids is 2. The molecule has 0 radical (unpaired) electrons. The molecule has 6 nitrogen and oxygen atoms in total. The number of hydrogen-bond donors (Lipinski definition) is 2. The van der Waals surface area contributed by atoms with Crippen molar-refractivity contribution in [3.05, 3.63) is 24.3 Å². The third-order valence-electron chi connectivity index (χ3n) is 9.04. The predicted molar refractivity (Wildman–Crippen MR) is 198 cm³/mol. The molecule has 0 bridgehead atoms. The van der Waals surface area contributed by atoms with Crippen LogP contribution in [0.3, 0.4) is 0 Å². The van der Waals surface area contributed by atoms with Gasteiger partial charge in [0.25, 0.3) is 0 Å². The van der Waals surface area contributed by atoms with Crippen LogP contribution in [0.5, 0.6) is 0 Å². The molecular weight excluding hydrogens is 593 g/mol. The lowest BCUT2D eigenvalue weighted by Crippen LogP contribution is -2.60. The van der Waals surface area contributed by atoms with Crippen molar-refractivity contribution in [2.45, 2.75) is 199 Å². The summed E-state index contributed by atoms with van der Waals surface area (Å²) >= 11 is 0. The number of unbranched alkanes of at least 4 members (excludes halogenated alkanes) is 22. The van der Waals surface area contributed by atoms with Gasteiger partial charge in [-0.25, -0.2) is 4.79 Å². The van der Waals surface area contributed by atoms with Crippen molar-refractivity contribution in [2.75, 3.05) is 6.61 Å². The lowest BCUT2D eigenvalue weighted by molar-refractivity contribution is -0.161. The van der Waals surface area contributed by atoms with E-state index in [0.717, 1.165) is 75.3 Å². The average molecular weight is 666 g/mol. The van der Waals surface area contributed by atoms with Crippen LogP contribution < -0.4 is 0 Å². The van der Waals surface area contributed by atoms with Crippen molar-refractivity contribution in [1.82, 2.24) is 4.67 Å². The Bertz CT molecular complexity index is 814. The van der Waals surface area contributed by atoms with Gasteiger partial charge in [-0.05, 0) is 73.6 Å². The Labute approximate surface area is 285 Å². The first-order chi connectivity index (χ1) is 22.4. The average Bonchev–Trinajstić information content (AvgIpc) is 3.04. The second-order valence-electron chi connectivity index (χ2n) is 13.2. The van der Waals surface area contributed by atoms with Gasteiger partial charge in [0, 0.05) is 12.8 Å². The number of carboxylic acids is 1. The Kier molecular flexibility index (Phi) is 31.0. The molecule has 0 aliphatic heterocycles. The molecule has 0 aromatic heterocycles. The lowest BCUT2D eigenvalue weighted by atomic mass is 9.90. The maximum absolute atomic E-state index is 13.1. The number of carboxylic acid groups (broad SMARTS) is 1. The second-order valence-corrected chi connectivity index (χ2v) is 13.7. The molecule has 0 aromatic rings. The molecule has 2 N–H and O–H groups in total. The molecule has 268 valence electrons. The van der Waals surface area contributed by atoms with Gasteiger partial charge in [-0.3, -0.25) is 9.59 Å². The number of Topliss-reactive ketones (excluding diaryl/α,β-unsaturated/α-hetero) is 1. The zero-order valence-electron chi connectivity index (χ0n) is 30.0. The Hall–Kier alpha value is -1.52. The molecule has 0 rings (SSSR count). The van der Waals surface area contributed by atoms with Crippen LogP contribution in [0, 0.1) is 0 Å². The van der Waals surface area contributed by atoms with Crippen LogP contribution in [0.25, 0.3) is 0 Å². The summed E-state index contributed by atoms with van der Waals surface area (Å²) in [5.74, 6) is -2.51. The van der Waals surface area contributed by atoms with Gasteiger partial charge in [0.1, 0.15) is 0 Å². The maximum Gasteiger partial charge on any atom is 0.340 e. The van der Waals surface area contributed by atoms with Crippen LogP contribution in [0.2, 0.25) is 0 Å². The molecule has 46 heavy (non-hydrogen) atoms. The highest BCUT2D eigenvalue weighted by Gasteiger charge is 2.50. The Morgan fingerprint density at radius 2 is 0.870 bits per heavy atom. The van der Waals surface area contributed by atoms with Gasteiger partial charge in [-0.2, -0.15) is 0 Å². The summed E-state index contributed by atoms with van der Waals surface area (Å²) in [5.41, 5.74) is -2.23. The summed E-state index contributed by atoms with van der Waals surface area (Å²) in [6.45, 7) is 3.57. The zero-order valence-corrected chi connectivity index (χ0v) is 31.1. The number of rotatable bonds is 34. The number of amides is 1. The van der Waals surface area contributed by atoms with Crippen molar-refractivity contribution in [3.63, 3.8) is 0 Å². The minimum Gasteiger partial charge on any atom is -0.479 e. The Morgan fingerprint density at radius 1 is 0.543 bits per heavy atom. The first kappa shape index (κ1) is 44.5. The fourth-order valence-electron chi connectivity index (χ4n) is 5.83. The number of hydrogen-bond acceptors (Lipinski definition) is 4. The normalized spacial score (nSPS) is 13.0. The Morgan fingerprint density at radius 3 is 1.22 bits per heavy atom. The quantitative estimate of drug-likeness (QED) is 0.0309. The van der Waals surface area contributed by atoms with E-state index in [4.69, 9.17) is 0 Å². The molecule has 0 saturated carbocycles. The number of nitrogens with zero attached hydrogens (tertiary/aromatic N) is 1. The number of aliphatic hydroxyl groups excluding tert-OH is 1. The van der Waals surface area contributed by atoms with Crippen LogP contribution >= 0.6 is 9.39 Å². The fraction of sp³-hybridized carbons (Fsp3) is 0.821. The predicted octanol–water partition coefficient (Wildman–Crippen LogP) is 11.1. The first-order valence-corrected chi connectivity index (χ1v) is 19.6. The molecule has 7 heteroatoms. The van der Waals surface area contributed by atoms with E-state index in [1.807, 2.05) is 0 Å². The standard InChI is InChI=1S/C39H72NO5P/c1-3-5-7-9-11-13-15-17-19-21-23-25-27-29-31-33-36(42)39(35-41,38(44)45)40(46)37(43)34-32-30-28-26-24-22-20-18-16-14-12-10-8-6-4-2/h17-20,41H,3-16,21-35,46H2,1-2H3,(H,44,45)/t39-/m0/s1. The number of allylic oxidation sites excluding steroid dienone is 4. The lowest BCUT2D eigenvalue weighted by Gasteiger charge is -2.35. The van der Waals surface area contributed by atoms with E-state index in [1.54, 1.807) is 0 Å². The number of aliphatic hydroxyl groups is 1. The van der Waals surface area contributed by atoms with Crippen molar-refractivity contribution in [3.8, 4) is 0 Å². The zero-order chi connectivity index (χ0) is 34.1. The van der Waals surface area contributed by atoms with Crippen LogP contribution in [0.4, 0.5) is 0 Å². The molecule has 1 amide bonds. The maximum atomic E-state index is 13.1. The van der Waals surface area contributed by atoms with Gasteiger partial charge in [-0.15, -0.1) is 0 Å². The number of carbonyl (C=O) groups is 3. The smallest absolute Gasteiger partial charge is 0.340 e. The SMILES string of the molecule is CCCCCCCCC=CCCCCCCCC(=O)N(P)[C@](CO)(C(=O)O)C(=O)CCCCCCCC=CCCCCCCCC. The van der Waals surface area contributed by atoms with E-state index in [-0.39, 0.29) is 12.8 Å². The van der Waals surface area contributed by atoms with E-state index in [2.05, 4.69) is 47.5 Å². The summed E-state index contributed by atoms with van der Waals surface area (Å²) in [4.78, 5) is 38.1. The molecule has 1 unspecified atom stereocenters. The van der Waals surface area contributed by atoms with Crippen molar-refractivity contribution >= 4 is 27.1 Å². The van der Waals surface area contributed by atoms with Gasteiger partial charge < -0.3 is 14.9 Å². The van der Waals surface area contributed by atoms with Gasteiger partial charge in [0.05, 0.1) is 6.61 Å². The Balaban J connectivity index is 4.16. The van der Waals surface area contributed by atoms with E-state index in [1.165, 1.54) is 83.5 Å². The van der Waals surface area contributed by atoms with Gasteiger partial charge >= 0.3 is 5.97 Å². The topological polar surface area (TPSA) is 94.9 Å². The summed E-state index contributed by atoms with van der Waals surface area (Å²) in [5, 5.41) is 20.0. The van der Waals surface area contributed by atoms with E-state index in [0.29, 0.717) is 12.8 Å². The van der Waals surface area contributed by atoms with E-state index in [9.17, 15) is 24.6 Å². The van der Waals surface area contributed by atoms with Crippen molar-refractivity contribution < 1.29 is 24.6 Å². The molecule has 0 aliphatic carbocycles. The highest BCUT2D eigenvalue weighted by atomic mass is 31.0. The molecule has 0 spiro atoms. The molecule has 0 aliphatic rings. The summed E-state index contributed by atoms with van der Waals surface area (Å²) < 4.78 is 0.907. The molecular formula is C39H72NO5P. The van der Waals surface area contributed by atoms with Crippen molar-refractivity contribution in [1.29, 1.82) is 0 Å². The van der Waals surface area contributed by atoms with Crippen LogP contribution in [0.15, 0.2) is 24.3 Å². The summed E-state index contributed by atoms with van der Waals surface area (Å²) in [6.07, 6.45) is 39.1. The highest BCUT2D eigenvalue weighted by Crippen LogP contribution is 2.26.